The topological polar surface area (TPSA) is 49.4 Å². The lowest BCUT2D eigenvalue weighted by Gasteiger charge is -2.21. The van der Waals surface area contributed by atoms with Gasteiger partial charge in [-0.1, -0.05) is 35.3 Å². The Labute approximate surface area is 161 Å². The van der Waals surface area contributed by atoms with Gasteiger partial charge in [0.05, 0.1) is 6.42 Å². The van der Waals surface area contributed by atoms with Gasteiger partial charge in [-0.2, -0.15) is 0 Å². The van der Waals surface area contributed by atoms with Crippen LogP contribution in [0, 0.1) is 0 Å². The Morgan fingerprint density at radius 1 is 1.20 bits per heavy atom. The highest BCUT2D eigenvalue weighted by Gasteiger charge is 2.11. The van der Waals surface area contributed by atoms with Crippen LogP contribution in [0.2, 0.25) is 10.0 Å². The predicted octanol–water partition coefficient (Wildman–Crippen LogP) is 3.80. The smallest absolute Gasteiger partial charge is 0.225 e. The molecule has 7 heteroatoms. The first-order valence-electron chi connectivity index (χ1n) is 7.94. The van der Waals surface area contributed by atoms with Gasteiger partial charge in [0.25, 0.3) is 0 Å². The number of nitrogens with zero attached hydrogens (tertiary/aromatic N) is 1. The van der Waals surface area contributed by atoms with Crippen molar-refractivity contribution in [2.75, 3.05) is 19.6 Å². The fraction of sp³-hybridized carbons (Fsp3) is 0.333. The van der Waals surface area contributed by atoms with E-state index in [1.807, 2.05) is 23.6 Å². The molecule has 0 atom stereocenters. The Hall–Kier alpha value is -1.56. The maximum Gasteiger partial charge on any atom is 0.225 e. The van der Waals surface area contributed by atoms with Gasteiger partial charge < -0.3 is 10.2 Å². The summed E-state index contributed by atoms with van der Waals surface area (Å²) in [7, 11) is 0. The molecule has 0 aliphatic heterocycles. The second-order valence-corrected chi connectivity index (χ2v) is 7.47. The molecule has 0 unspecified atom stereocenters. The van der Waals surface area contributed by atoms with E-state index in [4.69, 9.17) is 23.2 Å². The number of carbonyl (C=O) groups is 2. The highest BCUT2D eigenvalue weighted by atomic mass is 35.5. The number of amides is 2. The molecule has 134 valence electrons. The quantitative estimate of drug-likeness (QED) is 0.734. The predicted molar refractivity (Wildman–Crippen MR) is 103 cm³/mol. The van der Waals surface area contributed by atoms with E-state index in [0.29, 0.717) is 42.5 Å². The molecule has 1 N–H and O–H groups in total. The third-order valence-corrected chi connectivity index (χ3v) is 5.19. The first kappa shape index (κ1) is 19.8. The Morgan fingerprint density at radius 3 is 2.64 bits per heavy atom. The van der Waals surface area contributed by atoms with Crippen molar-refractivity contribution in [2.45, 2.75) is 19.8 Å². The molecule has 1 aromatic heterocycles. The summed E-state index contributed by atoms with van der Waals surface area (Å²) in [5.41, 5.74) is 0.944. The lowest BCUT2D eigenvalue weighted by atomic mass is 10.1. The molecule has 0 saturated heterocycles. The Bertz CT molecular complexity index is 720. The highest BCUT2D eigenvalue weighted by Crippen LogP contribution is 2.21. The van der Waals surface area contributed by atoms with Crippen molar-refractivity contribution in [3.8, 4) is 0 Å². The summed E-state index contributed by atoms with van der Waals surface area (Å²) in [5.74, 6) is -0.0655. The second kappa shape index (κ2) is 9.80. The molecule has 1 aromatic carbocycles. The second-order valence-electron chi connectivity index (χ2n) is 5.60. The van der Waals surface area contributed by atoms with E-state index in [1.165, 1.54) is 6.92 Å². The maximum absolute atomic E-state index is 11.9. The lowest BCUT2D eigenvalue weighted by molar-refractivity contribution is -0.129. The number of hydrogen-bond acceptors (Lipinski definition) is 3. The zero-order valence-corrected chi connectivity index (χ0v) is 16.3. The van der Waals surface area contributed by atoms with E-state index in [9.17, 15) is 9.59 Å². The molecule has 0 saturated carbocycles. The van der Waals surface area contributed by atoms with Crippen molar-refractivity contribution in [1.82, 2.24) is 10.2 Å². The number of halogens is 2. The number of carbonyl (C=O) groups excluding carboxylic acids is 2. The summed E-state index contributed by atoms with van der Waals surface area (Å²) < 4.78 is 0. The van der Waals surface area contributed by atoms with Gasteiger partial charge in [-0.3, -0.25) is 9.59 Å². The number of thiophene rings is 1. The average molecular weight is 399 g/mol. The molecule has 4 nitrogen and oxygen atoms in total. The molecule has 2 amide bonds. The van der Waals surface area contributed by atoms with Crippen LogP contribution in [0.3, 0.4) is 0 Å². The standard InChI is InChI=1S/C18H20Cl2N2O2S/c1-13(23)22(8-6-14-4-5-15(19)11-17(14)20)9-7-21-18(24)12-16-3-2-10-25-16/h2-5,10-11H,6-9,12H2,1H3,(H,21,24). The lowest BCUT2D eigenvalue weighted by Crippen LogP contribution is -2.39. The van der Waals surface area contributed by atoms with Gasteiger partial charge in [0.1, 0.15) is 0 Å². The van der Waals surface area contributed by atoms with E-state index in [2.05, 4.69) is 5.32 Å². The molecule has 2 rings (SSSR count). The van der Waals surface area contributed by atoms with Gasteiger partial charge in [-0.05, 0) is 35.6 Å². The van der Waals surface area contributed by atoms with E-state index in [-0.39, 0.29) is 11.8 Å². The number of benzene rings is 1. The summed E-state index contributed by atoms with van der Waals surface area (Å²) in [4.78, 5) is 26.4. The molecule has 0 radical (unpaired) electrons. The van der Waals surface area contributed by atoms with Gasteiger partial charge in [0, 0.05) is 41.5 Å². The van der Waals surface area contributed by atoms with E-state index >= 15 is 0 Å². The van der Waals surface area contributed by atoms with Crippen LogP contribution in [0.25, 0.3) is 0 Å². The number of hydrogen-bond donors (Lipinski definition) is 1. The van der Waals surface area contributed by atoms with E-state index in [1.54, 1.807) is 28.4 Å². The van der Waals surface area contributed by atoms with Crippen LogP contribution >= 0.6 is 34.5 Å². The summed E-state index contributed by atoms with van der Waals surface area (Å²) >= 11 is 13.6. The Balaban J connectivity index is 1.78. The first-order valence-corrected chi connectivity index (χ1v) is 9.58. The zero-order chi connectivity index (χ0) is 18.2. The minimum Gasteiger partial charge on any atom is -0.354 e. The third kappa shape index (κ3) is 6.69. The molecule has 2 aromatic rings. The normalized spacial score (nSPS) is 10.5. The molecule has 0 spiro atoms. The maximum atomic E-state index is 11.9. The molecule has 0 aliphatic carbocycles. The summed E-state index contributed by atoms with van der Waals surface area (Å²) in [6, 6.07) is 9.20. The van der Waals surface area contributed by atoms with Crippen molar-refractivity contribution < 1.29 is 9.59 Å². The van der Waals surface area contributed by atoms with E-state index < -0.39 is 0 Å². The van der Waals surface area contributed by atoms with Crippen LogP contribution in [0.5, 0.6) is 0 Å². The molecule has 1 heterocycles. The SMILES string of the molecule is CC(=O)N(CCNC(=O)Cc1cccs1)CCc1ccc(Cl)cc1Cl. The third-order valence-electron chi connectivity index (χ3n) is 3.73. The number of rotatable bonds is 8. The summed E-state index contributed by atoms with van der Waals surface area (Å²) in [6.45, 7) is 2.96. The Kier molecular flexibility index (Phi) is 7.75. The number of nitrogens with one attached hydrogen (secondary N) is 1. The van der Waals surface area contributed by atoms with Crippen molar-refractivity contribution >= 4 is 46.4 Å². The fourth-order valence-electron chi connectivity index (χ4n) is 2.37. The minimum absolute atomic E-state index is 0.0300. The first-order chi connectivity index (χ1) is 12.0. The van der Waals surface area contributed by atoms with Crippen LogP contribution in [-0.4, -0.2) is 36.3 Å². The van der Waals surface area contributed by atoms with Gasteiger partial charge in [0.15, 0.2) is 0 Å². The molecular weight excluding hydrogens is 379 g/mol. The van der Waals surface area contributed by atoms with Crippen molar-refractivity contribution in [2.24, 2.45) is 0 Å². The molecule has 25 heavy (non-hydrogen) atoms. The van der Waals surface area contributed by atoms with Crippen molar-refractivity contribution in [1.29, 1.82) is 0 Å². The average Bonchev–Trinajstić information content (AvgIpc) is 3.04. The van der Waals surface area contributed by atoms with Crippen LogP contribution in [0.15, 0.2) is 35.7 Å². The molecule has 0 bridgehead atoms. The van der Waals surface area contributed by atoms with Crippen LogP contribution in [-0.2, 0) is 22.4 Å². The zero-order valence-electron chi connectivity index (χ0n) is 13.9. The van der Waals surface area contributed by atoms with Gasteiger partial charge in [-0.25, -0.2) is 0 Å². The van der Waals surface area contributed by atoms with Gasteiger partial charge >= 0.3 is 0 Å². The highest BCUT2D eigenvalue weighted by molar-refractivity contribution is 7.10. The monoisotopic (exact) mass is 398 g/mol. The van der Waals surface area contributed by atoms with Crippen LogP contribution in [0.1, 0.15) is 17.4 Å². The van der Waals surface area contributed by atoms with Crippen LogP contribution < -0.4 is 5.32 Å². The fourth-order valence-corrected chi connectivity index (χ4v) is 3.58. The molecule has 0 aliphatic rings. The van der Waals surface area contributed by atoms with Crippen LogP contribution in [0.4, 0.5) is 0 Å². The summed E-state index contributed by atoms with van der Waals surface area (Å²) in [5, 5.41) is 5.99. The largest absolute Gasteiger partial charge is 0.354 e. The Morgan fingerprint density at radius 2 is 2.00 bits per heavy atom. The van der Waals surface area contributed by atoms with Gasteiger partial charge in [-0.15, -0.1) is 11.3 Å². The molecular formula is C18H20Cl2N2O2S. The molecule has 0 fully saturated rings. The van der Waals surface area contributed by atoms with Gasteiger partial charge in [0.2, 0.25) is 11.8 Å². The minimum atomic E-state index is -0.0355. The van der Waals surface area contributed by atoms with Crippen molar-refractivity contribution in [3.05, 3.63) is 56.2 Å². The van der Waals surface area contributed by atoms with Crippen molar-refractivity contribution in [3.63, 3.8) is 0 Å². The van der Waals surface area contributed by atoms with E-state index in [0.717, 1.165) is 10.4 Å². The summed E-state index contributed by atoms with van der Waals surface area (Å²) in [6.07, 6.45) is 1.01.